The summed E-state index contributed by atoms with van der Waals surface area (Å²) in [5.74, 6) is 0.128. The van der Waals surface area contributed by atoms with Crippen LogP contribution in [0.2, 0.25) is 0 Å². The van der Waals surface area contributed by atoms with E-state index >= 15 is 0 Å². The lowest BCUT2D eigenvalue weighted by atomic mass is 9.94. The first-order valence-electron chi connectivity index (χ1n) is 10.2. The van der Waals surface area contributed by atoms with E-state index < -0.39 is 12.7 Å². The number of fused-ring (bicyclic) bond motifs is 1. The zero-order valence-corrected chi connectivity index (χ0v) is 18.5. The number of hydrogen-bond acceptors (Lipinski definition) is 6. The molecule has 2 aromatic carbocycles. The summed E-state index contributed by atoms with van der Waals surface area (Å²) in [5.41, 5.74) is 4.29. The Morgan fingerprint density at radius 2 is 1.94 bits per heavy atom. The molecule has 1 unspecified atom stereocenters. The summed E-state index contributed by atoms with van der Waals surface area (Å²) in [5, 5.41) is 10.4. The fourth-order valence-corrected chi connectivity index (χ4v) is 3.88. The van der Waals surface area contributed by atoms with Crippen molar-refractivity contribution in [2.45, 2.75) is 33.4 Å². The van der Waals surface area contributed by atoms with E-state index in [0.717, 1.165) is 11.1 Å². The largest absolute Gasteiger partial charge is 0.493 e. The topological polar surface area (TPSA) is 90.3 Å². The summed E-state index contributed by atoms with van der Waals surface area (Å²) in [4.78, 5) is 17.7. The Hall–Kier alpha value is -3.95. The summed E-state index contributed by atoms with van der Waals surface area (Å²) in [6.07, 6.45) is 1.37. The molecule has 0 aliphatic carbocycles. The Kier molecular flexibility index (Phi) is 5.99. The van der Waals surface area contributed by atoms with Crippen LogP contribution in [0.25, 0.3) is 0 Å². The lowest BCUT2D eigenvalue weighted by Crippen LogP contribution is -2.31. The highest BCUT2D eigenvalue weighted by molar-refractivity contribution is 6.06. The van der Waals surface area contributed by atoms with Crippen molar-refractivity contribution in [2.24, 2.45) is 0 Å². The van der Waals surface area contributed by atoms with E-state index in [1.807, 2.05) is 32.0 Å². The van der Waals surface area contributed by atoms with Crippen molar-refractivity contribution < 1.29 is 23.0 Å². The molecule has 0 saturated heterocycles. The van der Waals surface area contributed by atoms with Gasteiger partial charge in [-0.1, -0.05) is 23.8 Å². The highest BCUT2D eigenvalue weighted by Crippen LogP contribution is 2.39. The van der Waals surface area contributed by atoms with Gasteiger partial charge in [0.1, 0.15) is 12.4 Å². The fraction of sp³-hybridized carbons (Fsp3) is 0.261. The van der Waals surface area contributed by atoms with Crippen LogP contribution in [0.15, 0.2) is 54.0 Å². The number of nitrogens with zero attached hydrogens (tertiary/aromatic N) is 3. The third-order valence-corrected chi connectivity index (χ3v) is 5.39. The molecule has 1 aliphatic rings. The molecular weight excluding hydrogens is 432 g/mol. The van der Waals surface area contributed by atoms with Crippen molar-refractivity contribution >= 4 is 17.5 Å². The van der Waals surface area contributed by atoms with Crippen molar-refractivity contribution in [3.05, 3.63) is 70.7 Å². The van der Waals surface area contributed by atoms with Crippen molar-refractivity contribution in [3.8, 4) is 11.5 Å². The zero-order valence-electron chi connectivity index (χ0n) is 18.5. The molecule has 0 saturated carbocycles. The average Bonchev–Trinajstić information content (AvgIpc) is 3.22. The molecule has 33 heavy (non-hydrogen) atoms. The number of hydrogen-bond donors (Lipinski definition) is 2. The normalized spacial score (nSPS) is 15.2. The second-order valence-electron chi connectivity index (χ2n) is 7.66. The number of nitrogens with one attached hydrogen (secondary N) is 2. The average molecular weight is 455 g/mol. The van der Waals surface area contributed by atoms with Gasteiger partial charge in [0.05, 0.1) is 12.7 Å². The van der Waals surface area contributed by atoms with E-state index in [9.17, 15) is 13.6 Å². The maximum atomic E-state index is 13.5. The number of benzene rings is 2. The van der Waals surface area contributed by atoms with Gasteiger partial charge in [0.25, 0.3) is 5.91 Å². The Labute approximate surface area is 189 Å². The van der Waals surface area contributed by atoms with E-state index in [1.54, 1.807) is 23.7 Å². The van der Waals surface area contributed by atoms with Crippen LogP contribution in [-0.4, -0.2) is 34.4 Å². The summed E-state index contributed by atoms with van der Waals surface area (Å²) >= 11 is 0. The predicted molar refractivity (Wildman–Crippen MR) is 119 cm³/mol. The third kappa shape index (κ3) is 4.36. The number of ether oxygens (including phenoxy) is 2. The minimum Gasteiger partial charge on any atom is -0.493 e. The lowest BCUT2D eigenvalue weighted by molar-refractivity contribution is -0.113. The van der Waals surface area contributed by atoms with Gasteiger partial charge in [-0.25, -0.2) is 4.68 Å². The molecule has 1 aromatic heterocycles. The number of carbonyl (C=O) groups is 1. The highest BCUT2D eigenvalue weighted by Gasteiger charge is 2.34. The van der Waals surface area contributed by atoms with Crippen LogP contribution >= 0.6 is 0 Å². The van der Waals surface area contributed by atoms with Crippen molar-refractivity contribution in [1.29, 1.82) is 0 Å². The van der Waals surface area contributed by atoms with Gasteiger partial charge in [-0.3, -0.25) is 4.79 Å². The first kappa shape index (κ1) is 22.3. The Morgan fingerprint density at radius 3 is 2.64 bits per heavy atom. The smallest absolute Gasteiger partial charge is 0.387 e. The Morgan fingerprint density at radius 1 is 1.15 bits per heavy atom. The fourth-order valence-electron chi connectivity index (χ4n) is 3.88. The van der Waals surface area contributed by atoms with Crippen LogP contribution in [-0.2, 0) is 4.79 Å². The van der Waals surface area contributed by atoms with E-state index in [0.29, 0.717) is 28.5 Å². The molecule has 1 amide bonds. The maximum Gasteiger partial charge on any atom is 0.387 e. The van der Waals surface area contributed by atoms with Crippen LogP contribution in [0.3, 0.4) is 0 Å². The first-order valence-corrected chi connectivity index (χ1v) is 10.2. The van der Waals surface area contributed by atoms with Gasteiger partial charge in [0, 0.05) is 11.4 Å². The second kappa shape index (κ2) is 8.89. The van der Waals surface area contributed by atoms with E-state index in [-0.39, 0.29) is 17.4 Å². The molecule has 3 aromatic rings. The number of methoxy groups -OCH3 is 1. The molecule has 4 rings (SSSR count). The van der Waals surface area contributed by atoms with Crippen LogP contribution in [0, 0.1) is 13.8 Å². The summed E-state index contributed by atoms with van der Waals surface area (Å²) in [6, 6.07) is 9.61. The van der Waals surface area contributed by atoms with Crippen LogP contribution in [0.5, 0.6) is 11.5 Å². The molecule has 172 valence electrons. The van der Waals surface area contributed by atoms with Crippen molar-refractivity contribution in [2.75, 3.05) is 17.7 Å². The molecule has 0 spiro atoms. The SMILES string of the molecule is COc1cc(C2C(C(=O)Nc3ccc(C)cc3C)=C(C)Nc3ncnn32)ccc1OC(F)F. The molecule has 1 atom stereocenters. The minimum atomic E-state index is -2.99. The monoisotopic (exact) mass is 455 g/mol. The third-order valence-electron chi connectivity index (χ3n) is 5.39. The number of aryl methyl sites for hydroxylation is 2. The number of alkyl halides is 2. The first-order chi connectivity index (χ1) is 15.8. The maximum absolute atomic E-state index is 13.5. The molecular formula is C23H23F2N5O3. The van der Waals surface area contributed by atoms with E-state index in [2.05, 4.69) is 25.5 Å². The highest BCUT2D eigenvalue weighted by atomic mass is 19.3. The molecule has 2 N–H and O–H groups in total. The van der Waals surface area contributed by atoms with Crippen LogP contribution < -0.4 is 20.1 Å². The van der Waals surface area contributed by atoms with E-state index in [1.165, 1.54) is 19.5 Å². The Balaban J connectivity index is 1.76. The molecule has 8 nitrogen and oxygen atoms in total. The molecule has 0 bridgehead atoms. The second-order valence-corrected chi connectivity index (χ2v) is 7.66. The van der Waals surface area contributed by atoms with Gasteiger partial charge in [-0.05, 0) is 50.1 Å². The van der Waals surface area contributed by atoms with E-state index in [4.69, 9.17) is 4.74 Å². The molecule has 1 aliphatic heterocycles. The quantitative estimate of drug-likeness (QED) is 0.572. The number of halogens is 2. The molecule has 2 heterocycles. The minimum absolute atomic E-state index is 0.106. The van der Waals surface area contributed by atoms with Gasteiger partial charge >= 0.3 is 6.61 Å². The predicted octanol–water partition coefficient (Wildman–Crippen LogP) is 4.43. The van der Waals surface area contributed by atoms with Gasteiger partial charge < -0.3 is 20.1 Å². The number of allylic oxidation sites excluding steroid dienone is 1. The number of carbonyl (C=O) groups excluding carboxylic acids is 1. The number of anilines is 2. The standard InChI is InChI=1S/C23H23F2N5O3/c1-12-5-7-16(13(2)9-12)29-21(31)19-14(3)28-23-26-11-27-30(23)20(19)15-6-8-17(33-22(24)25)18(10-15)32-4/h5-11,20,22H,1-4H3,(H,29,31)(H,26,27,28). The van der Waals surface area contributed by atoms with Gasteiger partial charge in [0.15, 0.2) is 11.5 Å². The zero-order chi connectivity index (χ0) is 23.7. The summed E-state index contributed by atoms with van der Waals surface area (Å²) in [6.45, 7) is 2.68. The Bertz CT molecular complexity index is 1240. The molecule has 0 fully saturated rings. The summed E-state index contributed by atoms with van der Waals surface area (Å²) in [7, 11) is 1.36. The van der Waals surface area contributed by atoms with Crippen molar-refractivity contribution in [1.82, 2.24) is 14.8 Å². The number of amides is 1. The molecule has 0 radical (unpaired) electrons. The number of rotatable bonds is 6. The summed E-state index contributed by atoms with van der Waals surface area (Å²) < 4.78 is 36.9. The van der Waals surface area contributed by atoms with Gasteiger partial charge in [-0.2, -0.15) is 18.9 Å². The lowest BCUT2D eigenvalue weighted by Gasteiger charge is -2.29. The van der Waals surface area contributed by atoms with Crippen LogP contribution in [0.4, 0.5) is 20.4 Å². The van der Waals surface area contributed by atoms with Crippen molar-refractivity contribution in [3.63, 3.8) is 0 Å². The van der Waals surface area contributed by atoms with Crippen LogP contribution in [0.1, 0.15) is 29.7 Å². The molecule has 10 heteroatoms. The number of aromatic nitrogens is 3. The van der Waals surface area contributed by atoms with Gasteiger partial charge in [-0.15, -0.1) is 0 Å². The van der Waals surface area contributed by atoms with Gasteiger partial charge in [0.2, 0.25) is 5.95 Å².